The number of carbonyl (C=O) groups excluding carboxylic acids is 2. The maximum absolute atomic E-state index is 13.2. The fourth-order valence-corrected chi connectivity index (χ4v) is 5.83. The number of fused-ring (bicyclic) bond motifs is 1. The molecule has 5 rings (SSSR count). The summed E-state index contributed by atoms with van der Waals surface area (Å²) in [7, 11) is 1.62. The average Bonchev–Trinajstić information content (AvgIpc) is 3.22. The molecule has 1 saturated heterocycles. The molecule has 4 unspecified atom stereocenters. The molecule has 0 radical (unpaired) electrons. The zero-order chi connectivity index (χ0) is 28.4. The van der Waals surface area contributed by atoms with Crippen molar-refractivity contribution in [1.82, 2.24) is 20.6 Å². The average molecular weight is 566 g/mol. The molecule has 1 amide bonds. The Kier molecular flexibility index (Phi) is 7.95. The molecular formula is C29H35N5O5S. The van der Waals surface area contributed by atoms with Gasteiger partial charge >= 0.3 is 5.97 Å². The number of thiazole rings is 1. The van der Waals surface area contributed by atoms with Crippen LogP contribution in [0.25, 0.3) is 22.3 Å². The van der Waals surface area contributed by atoms with Gasteiger partial charge in [-0.3, -0.25) is 4.79 Å². The van der Waals surface area contributed by atoms with Crippen LogP contribution in [0.3, 0.4) is 0 Å². The molecule has 40 heavy (non-hydrogen) atoms. The van der Waals surface area contributed by atoms with E-state index in [0.29, 0.717) is 36.6 Å². The van der Waals surface area contributed by atoms with Crippen molar-refractivity contribution in [2.45, 2.75) is 57.3 Å². The minimum absolute atomic E-state index is 0.135. The third-order valence-electron chi connectivity index (χ3n) is 7.14. The van der Waals surface area contributed by atoms with Crippen LogP contribution < -0.4 is 25.4 Å². The predicted octanol–water partition coefficient (Wildman–Crippen LogP) is 3.92. The van der Waals surface area contributed by atoms with Gasteiger partial charge in [0.25, 0.3) is 0 Å². The summed E-state index contributed by atoms with van der Waals surface area (Å²) in [6, 6.07) is 7.32. The van der Waals surface area contributed by atoms with Crippen LogP contribution in [-0.4, -0.2) is 65.8 Å². The van der Waals surface area contributed by atoms with Gasteiger partial charge in [0, 0.05) is 47.8 Å². The highest BCUT2D eigenvalue weighted by molar-refractivity contribution is 7.14. The fraction of sp³-hybridized carbons (Fsp3) is 0.448. The molecule has 1 aliphatic heterocycles. The van der Waals surface area contributed by atoms with E-state index in [4.69, 9.17) is 24.2 Å². The summed E-state index contributed by atoms with van der Waals surface area (Å²) in [6.07, 6.45) is 2.36. The number of nitrogens with one attached hydrogen (secondary N) is 3. The van der Waals surface area contributed by atoms with Gasteiger partial charge in [-0.15, -0.1) is 17.9 Å². The van der Waals surface area contributed by atoms with Crippen molar-refractivity contribution in [2.75, 3.05) is 25.6 Å². The van der Waals surface area contributed by atoms with Crippen LogP contribution in [0.1, 0.15) is 33.6 Å². The lowest BCUT2D eigenvalue weighted by Crippen LogP contribution is -2.51. The van der Waals surface area contributed by atoms with E-state index in [2.05, 4.69) is 36.4 Å². The molecule has 11 heteroatoms. The van der Waals surface area contributed by atoms with Gasteiger partial charge in [-0.05, 0) is 39.3 Å². The number of ether oxygens (including phenoxy) is 3. The monoisotopic (exact) mass is 565 g/mol. The molecule has 3 N–H and O–H groups in total. The summed E-state index contributed by atoms with van der Waals surface area (Å²) < 4.78 is 17.1. The summed E-state index contributed by atoms with van der Waals surface area (Å²) >= 11 is 1.52. The molecule has 2 fully saturated rings. The summed E-state index contributed by atoms with van der Waals surface area (Å²) in [5, 5.41) is 13.1. The smallest absolute Gasteiger partial charge is 0.332 e. The Balaban J connectivity index is 1.34. The van der Waals surface area contributed by atoms with Gasteiger partial charge in [0.15, 0.2) is 5.13 Å². The predicted molar refractivity (Wildman–Crippen MR) is 155 cm³/mol. The number of hydrogen-bond acceptors (Lipinski definition) is 10. The molecule has 1 aliphatic carbocycles. The lowest BCUT2D eigenvalue weighted by Gasteiger charge is -2.20. The number of methoxy groups -OCH3 is 1. The van der Waals surface area contributed by atoms with Crippen LogP contribution in [0.2, 0.25) is 0 Å². The Morgan fingerprint density at radius 3 is 2.80 bits per heavy atom. The summed E-state index contributed by atoms with van der Waals surface area (Å²) in [4.78, 5) is 35.3. The van der Waals surface area contributed by atoms with Gasteiger partial charge in [-0.1, -0.05) is 6.08 Å². The second-order valence-corrected chi connectivity index (χ2v) is 11.2. The van der Waals surface area contributed by atoms with Crippen molar-refractivity contribution in [3.63, 3.8) is 0 Å². The summed E-state index contributed by atoms with van der Waals surface area (Å²) in [5.74, 6) is 0.541. The summed E-state index contributed by atoms with van der Waals surface area (Å²) in [6.45, 7) is 10.4. The normalized spacial score (nSPS) is 23.6. The Labute approximate surface area is 237 Å². The third-order valence-corrected chi connectivity index (χ3v) is 7.92. The fourth-order valence-electron chi connectivity index (χ4n) is 4.98. The molecule has 2 aliphatic rings. The van der Waals surface area contributed by atoms with E-state index >= 15 is 0 Å². The van der Waals surface area contributed by atoms with Crippen LogP contribution in [0.15, 0.2) is 42.3 Å². The molecule has 1 aromatic carbocycles. The van der Waals surface area contributed by atoms with Crippen LogP contribution in [0.5, 0.6) is 11.5 Å². The first kappa shape index (κ1) is 27.9. The van der Waals surface area contributed by atoms with Crippen LogP contribution in [0, 0.1) is 5.92 Å². The topological polar surface area (TPSA) is 124 Å². The molecule has 3 aromatic rings. The maximum Gasteiger partial charge on any atom is 0.332 e. The largest absolute Gasteiger partial charge is 0.497 e. The second kappa shape index (κ2) is 11.4. The number of esters is 1. The number of nitrogens with zero attached hydrogens (tertiary/aromatic N) is 2. The highest BCUT2D eigenvalue weighted by Crippen LogP contribution is 2.45. The number of aromatic nitrogens is 2. The van der Waals surface area contributed by atoms with Crippen molar-refractivity contribution in [3.8, 4) is 22.9 Å². The Bertz CT molecular complexity index is 1430. The van der Waals surface area contributed by atoms with E-state index in [1.807, 2.05) is 29.6 Å². The zero-order valence-corrected chi connectivity index (χ0v) is 24.0. The molecule has 212 valence electrons. The zero-order valence-electron chi connectivity index (χ0n) is 23.2. The van der Waals surface area contributed by atoms with Gasteiger partial charge < -0.3 is 30.2 Å². The van der Waals surface area contributed by atoms with Crippen molar-refractivity contribution < 1.29 is 23.8 Å². The molecule has 3 heterocycles. The van der Waals surface area contributed by atoms with E-state index in [-0.39, 0.29) is 30.6 Å². The number of hydrogen-bond donors (Lipinski definition) is 3. The van der Waals surface area contributed by atoms with Gasteiger partial charge in [0.05, 0.1) is 31.0 Å². The minimum Gasteiger partial charge on any atom is -0.497 e. The standard InChI is InChI=1S/C29H35N5O5S/c1-6-17-13-29(17,27(36)38-7-2)34-26(35)23-11-19(14-30-23)39-25-12-22(24-15-40-28(33-24)31-16(3)4)32-21-10-18(37-5)8-9-20(21)25/h6,8-10,12,15-17,19,23,30H,1,7,11,13-14H2,2-5H3,(H,31,33)(H,34,35). The molecule has 2 aromatic heterocycles. The number of carbonyl (C=O) groups is 2. The first-order valence-corrected chi connectivity index (χ1v) is 14.4. The van der Waals surface area contributed by atoms with Crippen LogP contribution in [-0.2, 0) is 14.3 Å². The van der Waals surface area contributed by atoms with E-state index in [1.54, 1.807) is 20.1 Å². The van der Waals surface area contributed by atoms with Crippen molar-refractivity contribution >= 4 is 39.2 Å². The Hall–Kier alpha value is -3.70. The SMILES string of the molecule is C=CC1CC1(NC(=O)C1CC(Oc2cc(-c3csc(NC(C)C)n3)nc3cc(OC)ccc23)CN1)C(=O)OCC. The van der Waals surface area contributed by atoms with E-state index in [1.165, 1.54) is 11.3 Å². The minimum atomic E-state index is -1.03. The molecule has 0 spiro atoms. The lowest BCUT2D eigenvalue weighted by molar-refractivity contribution is -0.149. The highest BCUT2D eigenvalue weighted by atomic mass is 32.1. The van der Waals surface area contributed by atoms with Gasteiger partial charge in [-0.2, -0.15) is 0 Å². The van der Waals surface area contributed by atoms with Crippen LogP contribution >= 0.6 is 11.3 Å². The third kappa shape index (κ3) is 5.62. The molecule has 1 saturated carbocycles. The number of rotatable bonds is 11. The first-order valence-electron chi connectivity index (χ1n) is 13.5. The first-order chi connectivity index (χ1) is 19.3. The van der Waals surface area contributed by atoms with Crippen molar-refractivity contribution in [2.24, 2.45) is 5.92 Å². The quantitative estimate of drug-likeness (QED) is 0.234. The molecular weight excluding hydrogens is 530 g/mol. The number of amides is 1. The Morgan fingerprint density at radius 1 is 1.27 bits per heavy atom. The van der Waals surface area contributed by atoms with E-state index in [0.717, 1.165) is 21.7 Å². The summed E-state index contributed by atoms with van der Waals surface area (Å²) in [5.41, 5.74) is 1.13. The van der Waals surface area contributed by atoms with Crippen LogP contribution in [0.4, 0.5) is 5.13 Å². The number of benzene rings is 1. The number of anilines is 1. The van der Waals surface area contributed by atoms with Gasteiger partial charge in [0.2, 0.25) is 5.91 Å². The Morgan fingerprint density at radius 2 is 2.10 bits per heavy atom. The van der Waals surface area contributed by atoms with E-state index < -0.39 is 17.6 Å². The molecule has 10 nitrogen and oxygen atoms in total. The van der Waals surface area contributed by atoms with Gasteiger partial charge in [-0.25, -0.2) is 14.8 Å². The molecule has 4 atom stereocenters. The highest BCUT2D eigenvalue weighted by Gasteiger charge is 2.61. The number of pyridine rings is 1. The van der Waals surface area contributed by atoms with Crippen molar-refractivity contribution in [1.29, 1.82) is 0 Å². The lowest BCUT2D eigenvalue weighted by atomic mass is 10.1. The maximum atomic E-state index is 13.2. The molecule has 0 bridgehead atoms. The second-order valence-electron chi connectivity index (χ2n) is 10.4. The van der Waals surface area contributed by atoms with Gasteiger partial charge in [0.1, 0.15) is 28.8 Å². The van der Waals surface area contributed by atoms with Crippen molar-refractivity contribution in [3.05, 3.63) is 42.3 Å². The van der Waals surface area contributed by atoms with E-state index in [9.17, 15) is 9.59 Å².